The first kappa shape index (κ1) is 16.8. The second-order valence-electron chi connectivity index (χ2n) is 5.47. The van der Waals surface area contributed by atoms with Crippen LogP contribution in [0.2, 0.25) is 0 Å². The molecule has 0 aromatic carbocycles. The van der Waals surface area contributed by atoms with Crippen LogP contribution >= 0.6 is 0 Å². The lowest BCUT2D eigenvalue weighted by Gasteiger charge is -2.11. The van der Waals surface area contributed by atoms with Crippen LogP contribution in [0.3, 0.4) is 0 Å². The maximum atomic E-state index is 12.3. The summed E-state index contributed by atoms with van der Waals surface area (Å²) in [6.07, 6.45) is 8.94. The number of nitrogens with one attached hydrogen (secondary N) is 1. The monoisotopic (exact) mass is 346 g/mol. The molecular weight excluding hydrogens is 328 g/mol. The Morgan fingerprint density at radius 1 is 1.56 bits per heavy atom. The van der Waals surface area contributed by atoms with Gasteiger partial charge in [0, 0.05) is 13.3 Å². The van der Waals surface area contributed by atoms with E-state index in [1.165, 1.54) is 11.8 Å². The van der Waals surface area contributed by atoms with Gasteiger partial charge in [-0.05, 0) is 35.5 Å². The van der Waals surface area contributed by atoms with E-state index >= 15 is 0 Å². The van der Waals surface area contributed by atoms with E-state index < -0.39 is 5.91 Å². The third kappa shape index (κ3) is 3.71. The molecule has 11 nitrogen and oxygen atoms in total. The Labute approximate surface area is 142 Å². The summed E-state index contributed by atoms with van der Waals surface area (Å²) < 4.78 is 10.9. The number of carbonyl (C=O) groups is 1. The van der Waals surface area contributed by atoms with Crippen molar-refractivity contribution < 1.29 is 14.2 Å². The number of carbonyl (C=O) groups excluding carboxylic acids is 1. The molecule has 1 amide bonds. The zero-order valence-corrected chi connectivity index (χ0v) is 13.6. The first-order valence-electron chi connectivity index (χ1n) is 7.71. The summed E-state index contributed by atoms with van der Waals surface area (Å²) in [7, 11) is 1.48. The molecule has 0 saturated heterocycles. The molecule has 2 aromatic rings. The number of hydrogen-bond acceptors (Lipinski definition) is 9. The van der Waals surface area contributed by atoms with Crippen LogP contribution in [-0.4, -0.2) is 44.5 Å². The maximum Gasteiger partial charge on any atom is 0.293 e. The minimum atomic E-state index is -0.504. The van der Waals surface area contributed by atoms with Gasteiger partial charge in [-0.2, -0.15) is 9.78 Å². The highest BCUT2D eigenvalue weighted by atomic mass is 16.6. The van der Waals surface area contributed by atoms with Crippen molar-refractivity contribution >= 4 is 17.9 Å². The Morgan fingerprint density at radius 3 is 3.12 bits per heavy atom. The fourth-order valence-corrected chi connectivity index (χ4v) is 2.46. The van der Waals surface area contributed by atoms with Crippen LogP contribution < -0.4 is 11.2 Å². The number of methoxy groups -OCH3 is 1. The van der Waals surface area contributed by atoms with E-state index in [4.69, 9.17) is 10.5 Å². The molecule has 0 bridgehead atoms. The fraction of sp³-hybridized carbons (Fsp3) is 0.429. The molecule has 132 valence electrons. The van der Waals surface area contributed by atoms with E-state index in [0.29, 0.717) is 11.6 Å². The quantitative estimate of drug-likeness (QED) is 0.435. The summed E-state index contributed by atoms with van der Waals surface area (Å²) in [6, 6.07) is 0. The Hall–Kier alpha value is -3.08. The summed E-state index contributed by atoms with van der Waals surface area (Å²) in [5.74, 6) is -0.0231. The van der Waals surface area contributed by atoms with Crippen LogP contribution in [0.15, 0.2) is 21.9 Å². The van der Waals surface area contributed by atoms with Gasteiger partial charge in [-0.1, -0.05) is 17.4 Å². The molecule has 0 aliphatic heterocycles. The number of nitrogens with zero attached hydrogens (tertiary/aromatic N) is 6. The number of ether oxygens (including phenoxy) is 1. The molecule has 25 heavy (non-hydrogen) atoms. The van der Waals surface area contributed by atoms with Gasteiger partial charge in [-0.15, -0.1) is 5.10 Å². The molecule has 3 rings (SSSR count). The summed E-state index contributed by atoms with van der Waals surface area (Å²) >= 11 is 0. The molecule has 2 aromatic heterocycles. The predicted molar refractivity (Wildman–Crippen MR) is 86.8 cm³/mol. The van der Waals surface area contributed by atoms with Gasteiger partial charge in [-0.25, -0.2) is 10.1 Å². The summed E-state index contributed by atoms with van der Waals surface area (Å²) in [5.41, 5.74) is 8.54. The van der Waals surface area contributed by atoms with Gasteiger partial charge in [0.1, 0.15) is 5.69 Å². The SMILES string of the molecule is COCc1c(C(=O)N/N=C\[C@@H]2CC=CCC2)nnn1-c1nonc1N. The van der Waals surface area contributed by atoms with Gasteiger partial charge in [-0.3, -0.25) is 4.79 Å². The number of anilines is 1. The molecule has 0 spiro atoms. The van der Waals surface area contributed by atoms with E-state index in [9.17, 15) is 4.79 Å². The van der Waals surface area contributed by atoms with Crippen molar-refractivity contribution in [3.8, 4) is 5.82 Å². The Balaban J connectivity index is 1.76. The average Bonchev–Trinajstić information content (AvgIpc) is 3.22. The summed E-state index contributed by atoms with van der Waals surface area (Å²) in [4.78, 5) is 12.3. The molecule has 0 saturated carbocycles. The second-order valence-corrected chi connectivity index (χ2v) is 5.47. The van der Waals surface area contributed by atoms with Crippen molar-refractivity contribution in [3.05, 3.63) is 23.5 Å². The normalized spacial score (nSPS) is 17.2. The van der Waals surface area contributed by atoms with Gasteiger partial charge < -0.3 is 10.5 Å². The van der Waals surface area contributed by atoms with E-state index in [-0.39, 0.29) is 23.9 Å². The van der Waals surface area contributed by atoms with Crippen molar-refractivity contribution in [1.82, 2.24) is 30.7 Å². The first-order chi connectivity index (χ1) is 12.2. The lowest BCUT2D eigenvalue weighted by Crippen LogP contribution is -2.21. The first-order valence-corrected chi connectivity index (χ1v) is 7.71. The topological polar surface area (TPSA) is 146 Å². The van der Waals surface area contributed by atoms with E-state index in [2.05, 4.69) is 47.9 Å². The molecule has 0 fully saturated rings. The zero-order chi connectivity index (χ0) is 17.6. The second kappa shape index (κ2) is 7.66. The molecular formula is C14H18N8O3. The van der Waals surface area contributed by atoms with Crippen molar-refractivity contribution in [2.45, 2.75) is 25.9 Å². The average molecular weight is 346 g/mol. The maximum absolute atomic E-state index is 12.3. The Kier molecular flexibility index (Phi) is 5.14. The Morgan fingerprint density at radius 2 is 2.44 bits per heavy atom. The number of rotatable bonds is 6. The highest BCUT2D eigenvalue weighted by Gasteiger charge is 2.23. The lowest BCUT2D eigenvalue weighted by atomic mass is 9.96. The molecule has 2 heterocycles. The van der Waals surface area contributed by atoms with Crippen molar-refractivity contribution in [2.24, 2.45) is 11.0 Å². The molecule has 0 radical (unpaired) electrons. The number of hydrogen-bond donors (Lipinski definition) is 2. The summed E-state index contributed by atoms with van der Waals surface area (Å²) in [5, 5.41) is 18.9. The largest absolute Gasteiger partial charge is 0.378 e. The van der Waals surface area contributed by atoms with E-state index in [1.54, 1.807) is 6.21 Å². The summed E-state index contributed by atoms with van der Waals surface area (Å²) in [6.45, 7) is 0.0686. The molecule has 0 unspecified atom stereocenters. The van der Waals surface area contributed by atoms with Crippen LogP contribution in [0.5, 0.6) is 0 Å². The van der Waals surface area contributed by atoms with Gasteiger partial charge >= 0.3 is 0 Å². The smallest absolute Gasteiger partial charge is 0.293 e. The minimum absolute atomic E-state index is 0.0255. The lowest BCUT2D eigenvalue weighted by molar-refractivity contribution is 0.0944. The van der Waals surface area contributed by atoms with Crippen molar-refractivity contribution in [3.63, 3.8) is 0 Å². The van der Waals surface area contributed by atoms with Crippen LogP contribution in [-0.2, 0) is 11.3 Å². The number of hydrazone groups is 1. The predicted octanol–water partition coefficient (Wildman–Crippen LogP) is 0.451. The van der Waals surface area contributed by atoms with Gasteiger partial charge in [0.15, 0.2) is 5.69 Å². The minimum Gasteiger partial charge on any atom is -0.378 e. The number of nitrogens with two attached hydrogens (primary N) is 1. The van der Waals surface area contributed by atoms with E-state index in [1.807, 2.05) is 0 Å². The third-order valence-electron chi connectivity index (χ3n) is 3.72. The standard InChI is InChI=1S/C14H18N8O3/c1-24-8-10-11(17-21-22(10)13-12(15)19-25-20-13)14(23)18-16-7-9-5-3-2-4-6-9/h2-3,7,9H,4-6,8H2,1H3,(H2,15,19)(H,18,23)/b16-7-/t9-/m1/s1. The van der Waals surface area contributed by atoms with Crippen molar-refractivity contribution in [1.29, 1.82) is 0 Å². The molecule has 1 aliphatic rings. The number of aromatic nitrogens is 5. The number of nitrogen functional groups attached to an aromatic ring is 1. The Bertz CT molecular complexity index is 794. The van der Waals surface area contributed by atoms with Crippen LogP contribution in [0.25, 0.3) is 5.82 Å². The van der Waals surface area contributed by atoms with Crippen molar-refractivity contribution in [2.75, 3.05) is 12.8 Å². The van der Waals surface area contributed by atoms with Gasteiger partial charge in [0.05, 0.1) is 6.61 Å². The molecule has 11 heteroatoms. The zero-order valence-electron chi connectivity index (χ0n) is 13.6. The van der Waals surface area contributed by atoms with Crippen LogP contribution in [0.1, 0.15) is 35.4 Å². The third-order valence-corrected chi connectivity index (χ3v) is 3.72. The number of allylic oxidation sites excluding steroid dienone is 2. The van der Waals surface area contributed by atoms with Crippen LogP contribution in [0, 0.1) is 5.92 Å². The highest BCUT2D eigenvalue weighted by molar-refractivity contribution is 5.93. The van der Waals surface area contributed by atoms with Gasteiger partial charge in [0.2, 0.25) is 11.6 Å². The molecule has 1 aliphatic carbocycles. The van der Waals surface area contributed by atoms with E-state index in [0.717, 1.165) is 19.3 Å². The van der Waals surface area contributed by atoms with Gasteiger partial charge in [0.25, 0.3) is 5.91 Å². The number of amides is 1. The highest BCUT2D eigenvalue weighted by Crippen LogP contribution is 2.17. The van der Waals surface area contributed by atoms with Crippen LogP contribution in [0.4, 0.5) is 5.82 Å². The molecule has 1 atom stereocenters. The molecule has 3 N–H and O–H groups in total. The fourth-order valence-electron chi connectivity index (χ4n) is 2.46.